The molecule has 0 aliphatic carbocycles. The summed E-state index contributed by atoms with van der Waals surface area (Å²) in [6, 6.07) is 14.8. The lowest BCUT2D eigenvalue weighted by molar-refractivity contribution is 0.493. The quantitative estimate of drug-likeness (QED) is 0.811. The van der Waals surface area contributed by atoms with Gasteiger partial charge in [0, 0.05) is 4.47 Å². The molecule has 0 unspecified atom stereocenters. The maximum atomic E-state index is 11.0. The number of hydrogen-bond acceptors (Lipinski definition) is 3. The van der Waals surface area contributed by atoms with Crippen LogP contribution in [0, 0.1) is 0 Å². The topological polar surface area (TPSA) is 43.4 Å². The Morgan fingerprint density at radius 2 is 1.33 bits per heavy atom. The first-order valence-corrected chi connectivity index (χ1v) is 7.80. The zero-order chi connectivity index (χ0) is 13.2. The van der Waals surface area contributed by atoms with Crippen molar-refractivity contribution < 1.29 is 12.6 Å². The van der Waals surface area contributed by atoms with E-state index in [1.165, 1.54) is 0 Å². The zero-order valence-electron chi connectivity index (χ0n) is 9.63. The minimum atomic E-state index is -3.47. The van der Waals surface area contributed by atoms with E-state index in [0.29, 0.717) is 5.75 Å². The highest BCUT2D eigenvalue weighted by Gasteiger charge is 2.04. The maximum Gasteiger partial charge on any atom is 0.306 e. The molecule has 0 saturated carbocycles. The fraction of sp³-hybridized carbons (Fsp3) is 0.0769. The summed E-state index contributed by atoms with van der Waals surface area (Å²) in [5.41, 5.74) is 2.06. The standard InChI is InChI=1S/C13H11BrO3S/c1-18(15,16)17-13-8-4-11(5-9-13)10-2-6-12(14)7-3-10/h2-9H,1H3. The molecule has 0 bridgehead atoms. The van der Waals surface area contributed by atoms with Crippen LogP contribution in [0.3, 0.4) is 0 Å². The Kier molecular flexibility index (Phi) is 3.73. The smallest absolute Gasteiger partial charge is 0.306 e. The molecule has 0 heterocycles. The predicted octanol–water partition coefficient (Wildman–Crippen LogP) is 3.45. The first-order chi connectivity index (χ1) is 8.44. The molecule has 18 heavy (non-hydrogen) atoms. The third-order valence-corrected chi connectivity index (χ3v) is 3.30. The van der Waals surface area contributed by atoms with E-state index in [9.17, 15) is 8.42 Å². The average molecular weight is 327 g/mol. The Balaban J connectivity index is 2.25. The largest absolute Gasteiger partial charge is 0.383 e. The summed E-state index contributed by atoms with van der Waals surface area (Å²) >= 11 is 3.38. The summed E-state index contributed by atoms with van der Waals surface area (Å²) in [7, 11) is -3.47. The monoisotopic (exact) mass is 326 g/mol. The molecule has 0 saturated heterocycles. The van der Waals surface area contributed by atoms with E-state index in [1.54, 1.807) is 12.1 Å². The molecule has 0 N–H and O–H groups in total. The Labute approximate surface area is 115 Å². The van der Waals surface area contributed by atoms with Crippen molar-refractivity contribution in [3.05, 3.63) is 53.0 Å². The fourth-order valence-electron chi connectivity index (χ4n) is 1.52. The summed E-state index contributed by atoms with van der Waals surface area (Å²) in [5, 5.41) is 0. The molecule has 0 atom stereocenters. The number of benzene rings is 2. The van der Waals surface area contributed by atoms with Crippen molar-refractivity contribution in [2.24, 2.45) is 0 Å². The first kappa shape index (κ1) is 13.1. The predicted molar refractivity (Wildman–Crippen MR) is 75.0 cm³/mol. The van der Waals surface area contributed by atoms with Gasteiger partial charge in [0.15, 0.2) is 0 Å². The minimum absolute atomic E-state index is 0.318. The highest BCUT2D eigenvalue weighted by molar-refractivity contribution is 9.10. The molecule has 2 aromatic carbocycles. The van der Waals surface area contributed by atoms with Gasteiger partial charge in [-0.15, -0.1) is 0 Å². The van der Waals surface area contributed by atoms with Gasteiger partial charge in [-0.25, -0.2) is 0 Å². The van der Waals surface area contributed by atoms with E-state index in [0.717, 1.165) is 21.9 Å². The van der Waals surface area contributed by atoms with Crippen molar-refractivity contribution in [3.8, 4) is 16.9 Å². The van der Waals surface area contributed by atoms with Gasteiger partial charge in [0.05, 0.1) is 6.26 Å². The van der Waals surface area contributed by atoms with Gasteiger partial charge in [-0.1, -0.05) is 40.2 Å². The van der Waals surface area contributed by atoms with Crippen LogP contribution in [0.4, 0.5) is 0 Å². The second-order valence-electron chi connectivity index (χ2n) is 3.82. The Morgan fingerprint density at radius 1 is 0.889 bits per heavy atom. The van der Waals surface area contributed by atoms with Gasteiger partial charge >= 0.3 is 10.1 Å². The maximum absolute atomic E-state index is 11.0. The number of hydrogen-bond donors (Lipinski definition) is 0. The average Bonchev–Trinajstić information content (AvgIpc) is 2.29. The third-order valence-electron chi connectivity index (χ3n) is 2.28. The van der Waals surface area contributed by atoms with Crippen molar-refractivity contribution in [2.45, 2.75) is 0 Å². The van der Waals surface area contributed by atoms with E-state index in [-0.39, 0.29) is 0 Å². The van der Waals surface area contributed by atoms with Crippen molar-refractivity contribution in [3.63, 3.8) is 0 Å². The fourth-order valence-corrected chi connectivity index (χ4v) is 2.25. The van der Waals surface area contributed by atoms with Crippen molar-refractivity contribution in [2.75, 3.05) is 6.26 Å². The second kappa shape index (κ2) is 5.12. The van der Waals surface area contributed by atoms with Crippen LogP contribution < -0.4 is 4.18 Å². The normalized spacial score (nSPS) is 11.2. The van der Waals surface area contributed by atoms with Crippen molar-refractivity contribution in [1.82, 2.24) is 0 Å². The van der Waals surface area contributed by atoms with E-state index in [1.807, 2.05) is 36.4 Å². The lowest BCUT2D eigenvalue weighted by Crippen LogP contribution is -2.05. The highest BCUT2D eigenvalue weighted by atomic mass is 79.9. The number of rotatable bonds is 3. The zero-order valence-corrected chi connectivity index (χ0v) is 12.0. The van der Waals surface area contributed by atoms with Crippen LogP contribution in [0.2, 0.25) is 0 Å². The molecule has 0 aromatic heterocycles. The van der Waals surface area contributed by atoms with Gasteiger partial charge in [-0.3, -0.25) is 0 Å². The van der Waals surface area contributed by atoms with Crippen LogP contribution in [0.5, 0.6) is 5.75 Å². The van der Waals surface area contributed by atoms with Crippen LogP contribution in [0.1, 0.15) is 0 Å². The Hall–Kier alpha value is -1.33. The van der Waals surface area contributed by atoms with Gasteiger partial charge in [0.2, 0.25) is 0 Å². The lowest BCUT2D eigenvalue weighted by Gasteiger charge is -2.05. The second-order valence-corrected chi connectivity index (χ2v) is 6.31. The summed E-state index contributed by atoms with van der Waals surface area (Å²) in [5.74, 6) is 0.318. The van der Waals surface area contributed by atoms with Crippen LogP contribution in [-0.4, -0.2) is 14.7 Å². The SMILES string of the molecule is CS(=O)(=O)Oc1ccc(-c2ccc(Br)cc2)cc1. The Morgan fingerprint density at radius 3 is 1.78 bits per heavy atom. The van der Waals surface area contributed by atoms with Crippen LogP contribution in [0.15, 0.2) is 53.0 Å². The van der Waals surface area contributed by atoms with Crippen LogP contribution in [0.25, 0.3) is 11.1 Å². The van der Waals surface area contributed by atoms with Gasteiger partial charge in [-0.05, 0) is 35.4 Å². The molecule has 3 nitrogen and oxygen atoms in total. The van der Waals surface area contributed by atoms with Gasteiger partial charge in [0.1, 0.15) is 5.75 Å². The molecule has 0 fully saturated rings. The molecule has 0 amide bonds. The van der Waals surface area contributed by atoms with Gasteiger partial charge in [-0.2, -0.15) is 8.42 Å². The molecule has 94 valence electrons. The molecular formula is C13H11BrO3S. The van der Waals surface area contributed by atoms with Gasteiger partial charge < -0.3 is 4.18 Å². The third kappa shape index (κ3) is 3.58. The van der Waals surface area contributed by atoms with Gasteiger partial charge in [0.25, 0.3) is 0 Å². The summed E-state index contributed by atoms with van der Waals surface area (Å²) in [6.07, 6.45) is 1.02. The van der Waals surface area contributed by atoms with Crippen molar-refractivity contribution in [1.29, 1.82) is 0 Å². The van der Waals surface area contributed by atoms with Crippen LogP contribution in [-0.2, 0) is 10.1 Å². The first-order valence-electron chi connectivity index (χ1n) is 5.19. The summed E-state index contributed by atoms with van der Waals surface area (Å²) in [6.45, 7) is 0. The van der Waals surface area contributed by atoms with E-state index in [4.69, 9.17) is 4.18 Å². The molecule has 0 aliphatic rings. The molecule has 0 radical (unpaired) electrons. The van der Waals surface area contributed by atoms with E-state index < -0.39 is 10.1 Å². The molecule has 5 heteroatoms. The van der Waals surface area contributed by atoms with Crippen molar-refractivity contribution >= 4 is 26.0 Å². The highest BCUT2D eigenvalue weighted by Crippen LogP contribution is 2.24. The summed E-state index contributed by atoms with van der Waals surface area (Å²) in [4.78, 5) is 0. The molecule has 2 aromatic rings. The summed E-state index contributed by atoms with van der Waals surface area (Å²) < 4.78 is 27.7. The van der Waals surface area contributed by atoms with E-state index in [2.05, 4.69) is 15.9 Å². The van der Waals surface area contributed by atoms with Crippen LogP contribution >= 0.6 is 15.9 Å². The molecular weight excluding hydrogens is 316 g/mol. The molecule has 0 spiro atoms. The minimum Gasteiger partial charge on any atom is -0.383 e. The van der Waals surface area contributed by atoms with E-state index >= 15 is 0 Å². The Bertz CT molecular complexity index is 631. The molecule has 2 rings (SSSR count). The molecule has 0 aliphatic heterocycles. The lowest BCUT2D eigenvalue weighted by atomic mass is 10.1. The number of halogens is 1.